The van der Waals surface area contributed by atoms with Crippen molar-refractivity contribution in [2.24, 2.45) is 0 Å². The van der Waals surface area contributed by atoms with Crippen molar-refractivity contribution in [3.05, 3.63) is 68.9 Å². The van der Waals surface area contributed by atoms with Crippen molar-refractivity contribution in [1.29, 1.82) is 0 Å². The number of anilines is 1. The highest BCUT2D eigenvalue weighted by Gasteiger charge is 2.23. The van der Waals surface area contributed by atoms with Crippen molar-refractivity contribution in [1.82, 2.24) is 24.8 Å². The maximum atomic E-state index is 12.8. The molecule has 1 saturated heterocycles. The Morgan fingerprint density at radius 2 is 1.97 bits per heavy atom. The van der Waals surface area contributed by atoms with E-state index in [2.05, 4.69) is 40.8 Å². The van der Waals surface area contributed by atoms with Gasteiger partial charge >= 0.3 is 0 Å². The number of piperazine rings is 1. The van der Waals surface area contributed by atoms with E-state index in [-0.39, 0.29) is 17.9 Å². The van der Waals surface area contributed by atoms with Gasteiger partial charge in [-0.25, -0.2) is 9.97 Å². The van der Waals surface area contributed by atoms with Crippen LogP contribution < -0.4 is 10.5 Å². The van der Waals surface area contributed by atoms with E-state index in [4.69, 9.17) is 0 Å². The summed E-state index contributed by atoms with van der Waals surface area (Å²) in [6.07, 6.45) is 5.11. The summed E-state index contributed by atoms with van der Waals surface area (Å²) in [6.45, 7) is 4.35. The Kier molecular flexibility index (Phi) is 5.89. The predicted octanol–water partition coefficient (Wildman–Crippen LogP) is 2.19. The van der Waals surface area contributed by atoms with Crippen molar-refractivity contribution in [3.63, 3.8) is 0 Å². The van der Waals surface area contributed by atoms with Gasteiger partial charge in [0.1, 0.15) is 11.6 Å². The maximum absolute atomic E-state index is 12.8. The molecule has 154 valence electrons. The highest BCUT2D eigenvalue weighted by Crippen LogP contribution is 2.17. The molecule has 0 bridgehead atoms. The fraction of sp³-hybridized carbons (Fsp3) is 0.286. The fourth-order valence-electron chi connectivity index (χ4n) is 3.46. The first-order chi connectivity index (χ1) is 14.5. The number of pyridine rings is 2. The van der Waals surface area contributed by atoms with E-state index in [1.165, 1.54) is 0 Å². The number of nitrogens with one attached hydrogen (secondary N) is 1. The molecule has 1 aliphatic rings. The zero-order valence-electron chi connectivity index (χ0n) is 16.5. The summed E-state index contributed by atoms with van der Waals surface area (Å²) in [5.74, 6) is 1.29. The van der Waals surface area contributed by atoms with Crippen LogP contribution in [0.25, 0.3) is 11.4 Å². The minimum atomic E-state index is -0.285. The summed E-state index contributed by atoms with van der Waals surface area (Å²) in [6, 6.07) is 7.53. The van der Waals surface area contributed by atoms with Crippen LogP contribution in [0.5, 0.6) is 0 Å². The smallest absolute Gasteiger partial charge is 0.255 e. The van der Waals surface area contributed by atoms with Crippen LogP contribution in [-0.4, -0.2) is 56.9 Å². The Morgan fingerprint density at radius 3 is 2.60 bits per heavy atom. The molecular formula is C21H21BrN6O2. The molecular weight excluding hydrogens is 448 g/mol. The summed E-state index contributed by atoms with van der Waals surface area (Å²) in [5, 5.41) is 0. The molecule has 0 atom stereocenters. The quantitative estimate of drug-likeness (QED) is 0.630. The number of H-pyrrole nitrogens is 1. The lowest BCUT2D eigenvalue weighted by molar-refractivity contribution is -0.130. The largest absolute Gasteiger partial charge is 0.353 e. The third kappa shape index (κ3) is 4.40. The van der Waals surface area contributed by atoms with Gasteiger partial charge in [-0.3, -0.25) is 14.6 Å². The van der Waals surface area contributed by atoms with Crippen LogP contribution in [0.15, 0.2) is 52.1 Å². The number of halogens is 1. The number of carbonyl (C=O) groups excluding carboxylic acids is 1. The number of hydrogen-bond donors (Lipinski definition) is 1. The highest BCUT2D eigenvalue weighted by atomic mass is 79.9. The Labute approximate surface area is 182 Å². The molecule has 1 N–H and O–H groups in total. The molecule has 4 heterocycles. The van der Waals surface area contributed by atoms with Gasteiger partial charge in [-0.05, 0) is 47.1 Å². The van der Waals surface area contributed by atoms with Gasteiger partial charge in [-0.15, -0.1) is 0 Å². The zero-order chi connectivity index (χ0) is 21.1. The van der Waals surface area contributed by atoms with Gasteiger partial charge < -0.3 is 14.8 Å². The van der Waals surface area contributed by atoms with Crippen LogP contribution in [-0.2, 0) is 11.2 Å². The van der Waals surface area contributed by atoms with Gasteiger partial charge in [0.25, 0.3) is 5.56 Å². The normalized spacial score (nSPS) is 14.1. The number of amides is 1. The Balaban J connectivity index is 1.42. The maximum Gasteiger partial charge on any atom is 0.255 e. The molecule has 4 rings (SSSR count). The molecule has 9 heteroatoms. The molecule has 1 aliphatic heterocycles. The van der Waals surface area contributed by atoms with Gasteiger partial charge in [0, 0.05) is 66.1 Å². The number of aryl methyl sites for hydroxylation is 1. The minimum Gasteiger partial charge on any atom is -0.353 e. The van der Waals surface area contributed by atoms with Crippen molar-refractivity contribution in [3.8, 4) is 11.4 Å². The second-order valence-corrected chi connectivity index (χ2v) is 8.02. The number of aromatic amines is 1. The molecule has 0 aromatic carbocycles. The lowest BCUT2D eigenvalue weighted by atomic mass is 10.1. The fourth-order valence-corrected chi connectivity index (χ4v) is 3.70. The van der Waals surface area contributed by atoms with Crippen molar-refractivity contribution >= 4 is 27.7 Å². The molecule has 1 amide bonds. The second kappa shape index (κ2) is 8.74. The number of carbonyl (C=O) groups is 1. The van der Waals surface area contributed by atoms with Gasteiger partial charge in [-0.1, -0.05) is 0 Å². The lowest BCUT2D eigenvalue weighted by Gasteiger charge is -2.35. The zero-order valence-corrected chi connectivity index (χ0v) is 18.1. The summed E-state index contributed by atoms with van der Waals surface area (Å²) >= 11 is 3.39. The molecule has 1 fully saturated rings. The minimum absolute atomic E-state index is 0.0397. The van der Waals surface area contributed by atoms with Crippen molar-refractivity contribution in [2.45, 2.75) is 13.3 Å². The van der Waals surface area contributed by atoms with Gasteiger partial charge in [0.2, 0.25) is 5.91 Å². The van der Waals surface area contributed by atoms with E-state index in [1.54, 1.807) is 36.5 Å². The predicted molar refractivity (Wildman–Crippen MR) is 117 cm³/mol. The molecule has 30 heavy (non-hydrogen) atoms. The molecule has 0 saturated carbocycles. The third-order valence-corrected chi connectivity index (χ3v) is 5.62. The SMILES string of the molecule is Cc1nc(-c2cccnc2)[nH]c(=O)c1CC(=O)N1CCN(c2ccc(Br)cn2)CC1. The van der Waals surface area contributed by atoms with E-state index in [0.717, 1.165) is 15.9 Å². The Bertz CT molecular complexity index is 1090. The number of nitrogens with zero attached hydrogens (tertiary/aromatic N) is 5. The molecule has 8 nitrogen and oxygen atoms in total. The summed E-state index contributed by atoms with van der Waals surface area (Å²) in [5.41, 5.74) is 1.41. The van der Waals surface area contributed by atoms with Gasteiger partial charge in [0.05, 0.1) is 6.42 Å². The summed E-state index contributed by atoms with van der Waals surface area (Å²) in [7, 11) is 0. The number of aromatic nitrogens is 4. The van der Waals surface area contributed by atoms with Crippen LogP contribution in [0.2, 0.25) is 0 Å². The van der Waals surface area contributed by atoms with Crippen LogP contribution in [0.4, 0.5) is 5.82 Å². The molecule has 3 aromatic heterocycles. The van der Waals surface area contributed by atoms with E-state index in [1.807, 2.05) is 18.2 Å². The number of rotatable bonds is 4. The first-order valence-electron chi connectivity index (χ1n) is 9.66. The third-order valence-electron chi connectivity index (χ3n) is 5.15. The summed E-state index contributed by atoms with van der Waals surface area (Å²) in [4.78, 5) is 45.1. The van der Waals surface area contributed by atoms with Crippen molar-refractivity contribution in [2.75, 3.05) is 31.1 Å². The van der Waals surface area contributed by atoms with Gasteiger partial charge in [-0.2, -0.15) is 0 Å². The molecule has 3 aromatic rings. The van der Waals surface area contributed by atoms with Crippen molar-refractivity contribution < 1.29 is 4.79 Å². The monoisotopic (exact) mass is 468 g/mol. The molecule has 0 aliphatic carbocycles. The molecule has 0 radical (unpaired) electrons. The summed E-state index contributed by atoms with van der Waals surface area (Å²) < 4.78 is 0.934. The topological polar surface area (TPSA) is 95.1 Å². The van der Waals surface area contributed by atoms with Crippen LogP contribution >= 0.6 is 15.9 Å². The molecule has 0 spiro atoms. The highest BCUT2D eigenvalue weighted by molar-refractivity contribution is 9.10. The average Bonchev–Trinajstić information content (AvgIpc) is 2.77. The van der Waals surface area contributed by atoms with E-state index < -0.39 is 0 Å². The van der Waals surface area contributed by atoms with Crippen LogP contribution in [0.1, 0.15) is 11.3 Å². The van der Waals surface area contributed by atoms with Crippen LogP contribution in [0, 0.1) is 6.92 Å². The standard InChI is InChI=1S/C21H21BrN6O2/c1-14-17(21(30)26-20(25-14)15-3-2-6-23-12-15)11-19(29)28-9-7-27(8-10-28)18-5-4-16(22)13-24-18/h2-6,12-13H,7-11H2,1H3,(H,25,26,30). The number of hydrogen-bond acceptors (Lipinski definition) is 6. The lowest BCUT2D eigenvalue weighted by Crippen LogP contribution is -2.49. The first kappa shape index (κ1) is 20.2. The average molecular weight is 469 g/mol. The Hall–Kier alpha value is -3.07. The van der Waals surface area contributed by atoms with E-state index >= 15 is 0 Å². The Morgan fingerprint density at radius 1 is 1.17 bits per heavy atom. The van der Waals surface area contributed by atoms with E-state index in [0.29, 0.717) is 43.3 Å². The van der Waals surface area contributed by atoms with Crippen LogP contribution in [0.3, 0.4) is 0 Å². The molecule has 0 unspecified atom stereocenters. The second-order valence-electron chi connectivity index (χ2n) is 7.10. The first-order valence-corrected chi connectivity index (χ1v) is 10.4. The van der Waals surface area contributed by atoms with Gasteiger partial charge in [0.15, 0.2) is 0 Å². The van der Waals surface area contributed by atoms with E-state index in [9.17, 15) is 9.59 Å².